The molecule has 0 saturated heterocycles. The van der Waals surface area contributed by atoms with Gasteiger partial charge in [-0.1, -0.05) is 6.92 Å². The zero-order chi connectivity index (χ0) is 11.9. The number of phenols is 2. The van der Waals surface area contributed by atoms with Crippen LogP contribution in [-0.2, 0) is 0 Å². The van der Waals surface area contributed by atoms with Gasteiger partial charge in [-0.3, -0.25) is 9.59 Å². The summed E-state index contributed by atoms with van der Waals surface area (Å²) in [5.74, 6) is -1.40. The van der Waals surface area contributed by atoms with E-state index in [1.54, 1.807) is 6.92 Å². The molecule has 0 heterocycles. The van der Waals surface area contributed by atoms with E-state index in [1.807, 2.05) is 0 Å². The lowest BCUT2D eigenvalue weighted by Gasteiger charge is -2.16. The molecule has 0 bridgehead atoms. The zero-order valence-electron chi connectivity index (χ0n) is 8.65. The second-order valence-corrected chi connectivity index (χ2v) is 3.57. The van der Waals surface area contributed by atoms with Gasteiger partial charge in [-0.15, -0.1) is 0 Å². The van der Waals surface area contributed by atoms with Gasteiger partial charge in [0.25, 0.3) is 0 Å². The highest BCUT2D eigenvalue weighted by Crippen LogP contribution is 2.35. The van der Waals surface area contributed by atoms with Gasteiger partial charge in [0.05, 0.1) is 11.1 Å². The third kappa shape index (κ3) is 1.31. The first-order chi connectivity index (χ1) is 7.56. The van der Waals surface area contributed by atoms with E-state index >= 15 is 0 Å². The van der Waals surface area contributed by atoms with E-state index in [2.05, 4.69) is 0 Å². The van der Waals surface area contributed by atoms with Gasteiger partial charge < -0.3 is 10.2 Å². The van der Waals surface area contributed by atoms with Crippen LogP contribution in [-0.4, -0.2) is 21.8 Å². The number of benzene rings is 1. The number of carbonyl (C=O) groups excluding carboxylic acids is 2. The summed E-state index contributed by atoms with van der Waals surface area (Å²) < 4.78 is 0. The first-order valence-electron chi connectivity index (χ1n) is 4.90. The number of carbonyl (C=O) groups is 2. The molecule has 4 nitrogen and oxygen atoms in total. The Kier molecular flexibility index (Phi) is 2.27. The van der Waals surface area contributed by atoms with Crippen LogP contribution in [0.4, 0.5) is 0 Å². The Bertz CT molecular complexity index is 526. The summed E-state index contributed by atoms with van der Waals surface area (Å²) in [5, 5.41) is 19.1. The molecule has 1 aromatic rings. The largest absolute Gasteiger partial charge is 0.507 e. The molecule has 1 aromatic carbocycles. The number of ketones is 2. The Labute approximate surface area is 91.8 Å². The number of aromatic hydroxyl groups is 2. The van der Waals surface area contributed by atoms with Crippen molar-refractivity contribution in [1.29, 1.82) is 0 Å². The maximum atomic E-state index is 11.9. The number of allylic oxidation sites excluding steroid dienone is 2. The Balaban J connectivity index is 2.75. The Morgan fingerprint density at radius 2 is 1.62 bits per heavy atom. The zero-order valence-corrected chi connectivity index (χ0v) is 8.65. The van der Waals surface area contributed by atoms with Gasteiger partial charge in [-0.05, 0) is 24.6 Å². The minimum atomic E-state index is -0.445. The van der Waals surface area contributed by atoms with Crippen LogP contribution < -0.4 is 0 Å². The fourth-order valence-corrected chi connectivity index (χ4v) is 1.78. The molecule has 0 aliphatic heterocycles. The van der Waals surface area contributed by atoms with E-state index in [4.69, 9.17) is 0 Å². The molecule has 2 rings (SSSR count). The number of rotatable bonds is 1. The maximum Gasteiger partial charge on any atom is 0.193 e. The van der Waals surface area contributed by atoms with Crippen molar-refractivity contribution >= 4 is 11.6 Å². The molecule has 0 aromatic heterocycles. The number of fused-ring (bicyclic) bond motifs is 1. The fourth-order valence-electron chi connectivity index (χ4n) is 1.78. The van der Waals surface area contributed by atoms with Gasteiger partial charge >= 0.3 is 0 Å². The molecular weight excluding hydrogens is 208 g/mol. The molecule has 16 heavy (non-hydrogen) atoms. The lowest BCUT2D eigenvalue weighted by atomic mass is 9.87. The van der Waals surface area contributed by atoms with Crippen molar-refractivity contribution < 1.29 is 19.8 Å². The fraction of sp³-hybridized carbons (Fsp3) is 0.167. The highest BCUT2D eigenvalue weighted by Gasteiger charge is 2.29. The lowest BCUT2D eigenvalue weighted by molar-refractivity contribution is 0.0977. The molecule has 0 amide bonds. The monoisotopic (exact) mass is 218 g/mol. The van der Waals surface area contributed by atoms with Crippen LogP contribution in [0, 0.1) is 0 Å². The lowest BCUT2D eigenvalue weighted by Crippen LogP contribution is -2.17. The first kappa shape index (κ1) is 10.4. The smallest absolute Gasteiger partial charge is 0.193 e. The summed E-state index contributed by atoms with van der Waals surface area (Å²) in [7, 11) is 0. The average molecular weight is 218 g/mol. The quantitative estimate of drug-likeness (QED) is 0.705. The van der Waals surface area contributed by atoms with Gasteiger partial charge in [0, 0.05) is 5.57 Å². The first-order valence-corrected chi connectivity index (χ1v) is 4.90. The van der Waals surface area contributed by atoms with E-state index < -0.39 is 11.6 Å². The van der Waals surface area contributed by atoms with Gasteiger partial charge in [-0.25, -0.2) is 0 Å². The molecule has 0 radical (unpaired) electrons. The van der Waals surface area contributed by atoms with Crippen LogP contribution in [0.1, 0.15) is 34.1 Å². The van der Waals surface area contributed by atoms with Crippen LogP contribution >= 0.6 is 0 Å². The molecule has 82 valence electrons. The van der Waals surface area contributed by atoms with Crippen molar-refractivity contribution in [1.82, 2.24) is 0 Å². The normalized spacial score (nSPS) is 14.7. The molecule has 0 unspecified atom stereocenters. The average Bonchev–Trinajstić information content (AvgIpc) is 2.26. The minimum absolute atomic E-state index is 0.0932. The third-order valence-electron chi connectivity index (χ3n) is 2.61. The van der Waals surface area contributed by atoms with E-state index in [0.717, 1.165) is 0 Å². The van der Waals surface area contributed by atoms with E-state index in [-0.39, 0.29) is 22.6 Å². The van der Waals surface area contributed by atoms with Crippen molar-refractivity contribution in [2.24, 2.45) is 0 Å². The van der Waals surface area contributed by atoms with Crippen LogP contribution in [0.25, 0.3) is 0 Å². The summed E-state index contributed by atoms with van der Waals surface area (Å²) in [6, 6.07) is 2.40. The highest BCUT2D eigenvalue weighted by atomic mass is 16.3. The van der Waals surface area contributed by atoms with Gasteiger partial charge in [0.1, 0.15) is 11.5 Å². The predicted octanol–water partition coefficient (Wildman–Crippen LogP) is 1.81. The van der Waals surface area contributed by atoms with Crippen LogP contribution in [0.5, 0.6) is 11.5 Å². The van der Waals surface area contributed by atoms with Gasteiger partial charge in [-0.2, -0.15) is 0 Å². The predicted molar refractivity (Wildman–Crippen MR) is 56.8 cm³/mol. The topological polar surface area (TPSA) is 74.6 Å². The summed E-state index contributed by atoms with van der Waals surface area (Å²) in [6.45, 7) is 1.75. The van der Waals surface area contributed by atoms with Crippen molar-refractivity contribution in [3.05, 3.63) is 34.9 Å². The molecule has 0 atom stereocenters. The minimum Gasteiger partial charge on any atom is -0.507 e. The summed E-state index contributed by atoms with van der Waals surface area (Å²) in [5.41, 5.74) is 0.143. The number of hydrogen-bond acceptors (Lipinski definition) is 4. The standard InChI is InChI=1S/C12H10O4/c1-2-6-5-9(15)10-7(13)3-4-8(14)11(10)12(6)16/h3-5,13-14H,2H2,1H3. The second kappa shape index (κ2) is 3.48. The van der Waals surface area contributed by atoms with Gasteiger partial charge in [0.2, 0.25) is 0 Å². The number of hydrogen-bond donors (Lipinski definition) is 2. The van der Waals surface area contributed by atoms with Crippen LogP contribution in [0.3, 0.4) is 0 Å². The van der Waals surface area contributed by atoms with E-state index in [1.165, 1.54) is 18.2 Å². The molecular formula is C12H10O4. The van der Waals surface area contributed by atoms with E-state index in [0.29, 0.717) is 12.0 Å². The highest BCUT2D eigenvalue weighted by molar-refractivity contribution is 6.26. The molecule has 0 saturated carbocycles. The summed E-state index contributed by atoms with van der Waals surface area (Å²) >= 11 is 0. The summed E-state index contributed by atoms with van der Waals surface area (Å²) in [6.07, 6.45) is 1.63. The second-order valence-electron chi connectivity index (χ2n) is 3.57. The maximum absolute atomic E-state index is 11.9. The van der Waals surface area contributed by atoms with Gasteiger partial charge in [0.15, 0.2) is 11.6 Å². The molecule has 1 aliphatic rings. The number of phenolic OH excluding ortho intramolecular Hbond substituents is 2. The SMILES string of the molecule is CCC1=CC(=O)c2c(O)ccc(O)c2C1=O. The van der Waals surface area contributed by atoms with E-state index in [9.17, 15) is 19.8 Å². The molecule has 4 heteroatoms. The van der Waals surface area contributed by atoms with Crippen molar-refractivity contribution in [2.75, 3.05) is 0 Å². The third-order valence-corrected chi connectivity index (χ3v) is 2.61. The number of Topliss-reactive ketones (excluding diaryl/α,β-unsaturated/α-hetero) is 1. The van der Waals surface area contributed by atoms with Crippen molar-refractivity contribution in [3.8, 4) is 11.5 Å². The Morgan fingerprint density at radius 1 is 1.06 bits per heavy atom. The molecule has 0 fully saturated rings. The molecule has 1 aliphatic carbocycles. The van der Waals surface area contributed by atoms with Crippen molar-refractivity contribution in [3.63, 3.8) is 0 Å². The van der Waals surface area contributed by atoms with Crippen LogP contribution in [0.15, 0.2) is 23.8 Å². The molecule has 0 spiro atoms. The molecule has 2 N–H and O–H groups in total. The Hall–Kier alpha value is -2.10. The van der Waals surface area contributed by atoms with Crippen molar-refractivity contribution in [2.45, 2.75) is 13.3 Å². The Morgan fingerprint density at radius 3 is 2.19 bits per heavy atom. The van der Waals surface area contributed by atoms with Crippen LogP contribution in [0.2, 0.25) is 0 Å². The summed E-state index contributed by atoms with van der Waals surface area (Å²) in [4.78, 5) is 23.5.